The number of Topliss-reactive ketones (excluding diaryl/α,β-unsaturated/α-hetero) is 2. The predicted octanol–water partition coefficient (Wildman–Crippen LogP) is 5.48. The van der Waals surface area contributed by atoms with E-state index in [-0.39, 0.29) is 75.8 Å². The van der Waals surface area contributed by atoms with Crippen LogP contribution in [-0.4, -0.2) is 221 Å². The summed E-state index contributed by atoms with van der Waals surface area (Å²) in [5.41, 5.74) is 7.67. The van der Waals surface area contributed by atoms with Crippen LogP contribution in [0.15, 0.2) is 54.1 Å². The number of fused-ring (bicyclic) bond motifs is 6. The molecule has 1 unspecified atom stereocenters. The fraction of sp³-hybridized carbons (Fsp3) is 0.594. The summed E-state index contributed by atoms with van der Waals surface area (Å²) >= 11 is 13.7. The minimum Gasteiger partial charge on any atom is -0.495 e. The Morgan fingerprint density at radius 2 is 1.50 bits per heavy atom. The number of nitrogens with zero attached hydrogens (tertiary/aromatic N) is 4. The first-order valence-corrected chi connectivity index (χ1v) is 36.0. The molecule has 6 rings (SSSR count). The first-order chi connectivity index (χ1) is 48.1. The lowest BCUT2D eigenvalue weighted by molar-refractivity contribution is -0.162. The molecule has 7 amide bonds. The molecular formula is C69H94Br2ClN9O20. The van der Waals surface area contributed by atoms with E-state index in [4.69, 9.17) is 60.0 Å². The number of unbranched alkanes of at least 4 members (excludes halogenated alkanes) is 1. The van der Waals surface area contributed by atoms with Gasteiger partial charge in [0.2, 0.25) is 35.4 Å². The fourth-order valence-corrected chi connectivity index (χ4v) is 12.6. The Morgan fingerprint density at radius 1 is 0.861 bits per heavy atom. The second-order valence-corrected chi connectivity index (χ2v) is 26.7. The van der Waals surface area contributed by atoms with Gasteiger partial charge in [-0.2, -0.15) is 0 Å². The summed E-state index contributed by atoms with van der Waals surface area (Å²) in [6.45, 7) is 9.60. The van der Waals surface area contributed by atoms with Gasteiger partial charge in [-0.3, -0.25) is 43.7 Å². The molecule has 3 aliphatic heterocycles. The number of rotatable bonds is 37. The van der Waals surface area contributed by atoms with Crippen molar-refractivity contribution >= 4 is 119 Å². The number of alkyl halides is 2. The van der Waals surface area contributed by atoms with E-state index < -0.39 is 132 Å². The highest BCUT2D eigenvalue weighted by molar-refractivity contribution is 9.09. The smallest absolute Gasteiger partial charge is 0.409 e. The third kappa shape index (κ3) is 24.5. The molecule has 4 heterocycles. The number of epoxide rings is 1. The number of hydrogen-bond acceptors (Lipinski definition) is 22. The molecule has 29 nitrogen and oxygen atoms in total. The van der Waals surface area contributed by atoms with Crippen LogP contribution in [-0.2, 0) is 93.3 Å². The number of alkyl carbamates (subject to hydrolysis) is 1. The highest BCUT2D eigenvalue weighted by atomic mass is 79.9. The van der Waals surface area contributed by atoms with Gasteiger partial charge >= 0.3 is 12.1 Å². The molecule has 10 atom stereocenters. The monoisotopic (exact) mass is 1560 g/mol. The fourth-order valence-electron chi connectivity index (χ4n) is 11.4. The average Bonchev–Trinajstić information content (AvgIpc) is 1.57. The second kappa shape index (κ2) is 40.1. The number of methoxy groups -OCH3 is 2. The summed E-state index contributed by atoms with van der Waals surface area (Å²) in [5.74, 6) is -5.69. The Labute approximate surface area is 609 Å². The molecule has 7 N–H and O–H groups in total. The van der Waals surface area contributed by atoms with E-state index in [1.807, 2.05) is 13.0 Å². The molecule has 4 bridgehead atoms. The highest BCUT2D eigenvalue weighted by Gasteiger charge is 2.64. The Morgan fingerprint density at radius 3 is 2.15 bits per heavy atom. The maximum absolute atomic E-state index is 14.4. The number of nitrogens with two attached hydrogens (primary N) is 1. The molecular weight excluding hydrogens is 1470 g/mol. The van der Waals surface area contributed by atoms with Crippen molar-refractivity contribution in [2.24, 2.45) is 11.7 Å². The van der Waals surface area contributed by atoms with E-state index in [2.05, 4.69) is 63.1 Å². The summed E-state index contributed by atoms with van der Waals surface area (Å²) < 4.78 is 51.5. The summed E-state index contributed by atoms with van der Waals surface area (Å²) in [6, 6.07) is 5.07. The largest absolute Gasteiger partial charge is 0.495 e. The molecule has 0 radical (unpaired) electrons. The molecule has 32 heteroatoms. The standard InChI is InChI=1S/C69H94Br2ClN9O20/c1-40-14-12-16-56(94-9)69(92)36-55(99-67(91)79-69)41(2)64-68(5,101-64)57(35-62(88)81(7)51-31-44(30-40)32-54(93-8)63(51)72)100-66(90)43(4)80(6)61(87)18-11-10-17-59(85)74-39-53(83)42(3)75-65(89)48(34-58(73)84)78-60(86)21-23-96-25-27-98-29-28-97-26-24-95-22-13-15-52(82)45-19-20-46-47(33-45)77-50(38-71)49(37-70)76-46/h12,14,16,19-20,31-33,41-43,48,55-57,64,92H,10-11,13,15,17-18,21-30,34-39H2,1-9H3,(H2,73,84)(H,74,85)(H,75,89)(H,78,86)(H,79,91)/b16-12+,40-14+/t41?,42-,43-,48-,55-,56+,57-,64-,68-,69-/m0/s1. The van der Waals surface area contributed by atoms with Crippen molar-refractivity contribution in [2.45, 2.75) is 170 Å². The zero-order valence-electron chi connectivity index (χ0n) is 58.5. The lowest BCUT2D eigenvalue weighted by atomic mass is 9.83. The van der Waals surface area contributed by atoms with Crippen LogP contribution in [0.1, 0.15) is 126 Å². The van der Waals surface area contributed by atoms with Crippen molar-refractivity contribution in [3.05, 3.63) is 81.7 Å². The van der Waals surface area contributed by atoms with Crippen LogP contribution in [0, 0.1) is 5.92 Å². The van der Waals surface area contributed by atoms with E-state index in [9.17, 15) is 53.1 Å². The minimum atomic E-state index is -1.91. The number of primary amides is 1. The van der Waals surface area contributed by atoms with Crippen LogP contribution in [0.25, 0.3) is 11.0 Å². The minimum absolute atomic E-state index is 0.00793. The number of likely N-dealkylation sites (N-methyl/N-ethyl adjacent to an activating group) is 1. The number of amides is 7. The zero-order valence-corrected chi connectivity index (χ0v) is 62.4. The van der Waals surface area contributed by atoms with Gasteiger partial charge in [0.25, 0.3) is 0 Å². The van der Waals surface area contributed by atoms with Crippen LogP contribution < -0.4 is 36.6 Å². The van der Waals surface area contributed by atoms with Crippen molar-refractivity contribution in [1.29, 1.82) is 0 Å². The average molecular weight is 1560 g/mol. The Balaban J connectivity index is 0.867. The van der Waals surface area contributed by atoms with Gasteiger partial charge in [0.1, 0.15) is 46.8 Å². The zero-order chi connectivity index (χ0) is 74.1. The topological polar surface area (TPSA) is 384 Å². The van der Waals surface area contributed by atoms with Gasteiger partial charge in [0.05, 0.1) is 113 Å². The van der Waals surface area contributed by atoms with Crippen molar-refractivity contribution in [2.75, 3.05) is 92.6 Å². The second-order valence-electron chi connectivity index (χ2n) is 25.2. The molecule has 0 spiro atoms. The van der Waals surface area contributed by atoms with Crippen LogP contribution in [0.2, 0.25) is 5.02 Å². The SMILES string of the molecule is COc1cc2cc(c1Cl)N(C)C(=O)C[C@H](OC(=O)[C@H](C)N(C)C(=O)CCCCC(=O)NCC(=O)[C@H](C)NC(=O)[C@H](CC(N)=O)NC(=O)CCOCCOCCOCCOCCCC(=O)c1ccc3nc(CBr)c(CBr)nc3c1)[C@]1(C)O[C@H]1C(C)[C@@H]1C[C@@](O)(NC(=O)O1)[C@H](OC)/C=C/C=C(\C)C2. The van der Waals surface area contributed by atoms with E-state index in [1.54, 1.807) is 56.3 Å². The first-order valence-electron chi connectivity index (χ1n) is 33.3. The summed E-state index contributed by atoms with van der Waals surface area (Å²) in [6.07, 6.45) is 0.447. The third-order valence-electron chi connectivity index (χ3n) is 17.6. The molecule has 2 fully saturated rings. The van der Waals surface area contributed by atoms with Crippen molar-refractivity contribution in [1.82, 2.24) is 36.1 Å². The van der Waals surface area contributed by atoms with Crippen LogP contribution >= 0.6 is 43.5 Å². The number of hydrogen-bond donors (Lipinski definition) is 6. The van der Waals surface area contributed by atoms with Gasteiger partial charge in [0.15, 0.2) is 17.3 Å². The molecule has 0 aliphatic carbocycles. The molecule has 101 heavy (non-hydrogen) atoms. The number of esters is 1. The van der Waals surface area contributed by atoms with Gasteiger partial charge in [-0.15, -0.1) is 0 Å². The summed E-state index contributed by atoms with van der Waals surface area (Å²) in [4.78, 5) is 143. The lowest BCUT2D eigenvalue weighted by Gasteiger charge is -2.42. The predicted molar refractivity (Wildman–Crippen MR) is 377 cm³/mol. The maximum Gasteiger partial charge on any atom is 0.409 e. The van der Waals surface area contributed by atoms with Gasteiger partial charge < -0.3 is 79.2 Å². The third-order valence-corrected chi connectivity index (χ3v) is 19.0. The van der Waals surface area contributed by atoms with Gasteiger partial charge in [-0.1, -0.05) is 74.2 Å². The quantitative estimate of drug-likeness (QED) is 0.0137. The Hall–Kier alpha value is -7.07. The number of anilines is 1. The number of benzene rings is 2. The summed E-state index contributed by atoms with van der Waals surface area (Å²) in [5, 5.41) is 23.1. The van der Waals surface area contributed by atoms with Crippen molar-refractivity contribution in [3.63, 3.8) is 0 Å². The van der Waals surface area contributed by atoms with Crippen LogP contribution in [0.4, 0.5) is 10.5 Å². The van der Waals surface area contributed by atoms with E-state index in [0.717, 1.165) is 28.0 Å². The number of allylic oxidation sites excluding steroid dienone is 3. The molecule has 0 saturated carbocycles. The van der Waals surface area contributed by atoms with Gasteiger partial charge in [-0.05, 0) is 89.3 Å². The Kier molecular flexibility index (Phi) is 32.9. The number of ketones is 2. The molecule has 2 saturated heterocycles. The number of nitrogens with one attached hydrogen (secondary N) is 4. The number of carbonyl (C=O) groups is 10. The number of ether oxygens (including phenoxy) is 9. The van der Waals surface area contributed by atoms with Gasteiger partial charge in [-0.25, -0.2) is 19.6 Å². The molecule has 3 aromatic rings. The van der Waals surface area contributed by atoms with E-state index in [1.165, 1.54) is 52.0 Å². The van der Waals surface area contributed by atoms with E-state index in [0.29, 0.717) is 78.9 Å². The van der Waals surface area contributed by atoms with Crippen LogP contribution in [0.3, 0.4) is 0 Å². The number of halogens is 3. The molecule has 556 valence electrons. The number of aliphatic hydroxyl groups is 1. The van der Waals surface area contributed by atoms with Crippen molar-refractivity contribution < 1.29 is 95.7 Å². The van der Waals surface area contributed by atoms with Crippen LogP contribution in [0.5, 0.6) is 5.75 Å². The summed E-state index contributed by atoms with van der Waals surface area (Å²) in [7, 11) is 5.78. The first kappa shape index (κ1) is 82.9. The normalized spacial score (nSPS) is 22.4. The highest BCUT2D eigenvalue weighted by Crippen LogP contribution is 2.49. The van der Waals surface area contributed by atoms with Gasteiger partial charge in [0, 0.05) is 82.1 Å². The Bertz CT molecular complexity index is 3500. The van der Waals surface area contributed by atoms with E-state index >= 15 is 0 Å². The molecule has 1 aromatic heterocycles. The number of aromatic nitrogens is 2. The lowest BCUT2D eigenvalue weighted by Crippen LogP contribution is -2.63. The maximum atomic E-state index is 14.4. The molecule has 3 aliphatic rings. The molecule has 2 aromatic carbocycles. The number of carbonyl (C=O) groups excluding carboxylic acids is 10. The van der Waals surface area contributed by atoms with Crippen molar-refractivity contribution in [3.8, 4) is 5.75 Å².